The van der Waals surface area contributed by atoms with E-state index in [0.29, 0.717) is 22.9 Å². The summed E-state index contributed by atoms with van der Waals surface area (Å²) in [6.07, 6.45) is 0. The fraction of sp³-hybridized carbons (Fsp3) is 0.133. The van der Waals surface area contributed by atoms with E-state index in [1.807, 2.05) is 0 Å². The lowest BCUT2D eigenvalue weighted by molar-refractivity contribution is 0.395. The molecule has 4 nitrogen and oxygen atoms in total. The molecule has 1 N–H and O–H groups in total. The minimum atomic E-state index is -0.563. The Morgan fingerprint density at radius 3 is 2.15 bits per heavy atom. The Balaban J connectivity index is 2.30. The van der Waals surface area contributed by atoms with Crippen molar-refractivity contribution in [3.8, 4) is 17.6 Å². The van der Waals surface area contributed by atoms with Crippen LogP contribution in [0.5, 0.6) is 11.5 Å². The van der Waals surface area contributed by atoms with Crippen LogP contribution < -0.4 is 14.8 Å². The number of nitrogens with one attached hydrogen (secondary N) is 1. The van der Waals surface area contributed by atoms with Gasteiger partial charge in [-0.15, -0.1) is 0 Å². The molecule has 2 rings (SSSR count). The van der Waals surface area contributed by atoms with Crippen molar-refractivity contribution >= 4 is 11.4 Å². The van der Waals surface area contributed by atoms with Crippen LogP contribution in [0, 0.1) is 17.1 Å². The van der Waals surface area contributed by atoms with Gasteiger partial charge < -0.3 is 14.8 Å². The molecule has 102 valence electrons. The van der Waals surface area contributed by atoms with E-state index >= 15 is 0 Å². The third kappa shape index (κ3) is 2.98. The van der Waals surface area contributed by atoms with Crippen LogP contribution in [0.1, 0.15) is 5.56 Å². The van der Waals surface area contributed by atoms with Crippen LogP contribution in [0.3, 0.4) is 0 Å². The maximum atomic E-state index is 13.5. The molecule has 0 bridgehead atoms. The number of nitriles is 1. The van der Waals surface area contributed by atoms with Crippen molar-refractivity contribution in [1.29, 1.82) is 5.26 Å². The summed E-state index contributed by atoms with van der Waals surface area (Å²) >= 11 is 0. The first-order valence-corrected chi connectivity index (χ1v) is 5.86. The molecule has 0 spiro atoms. The Kier molecular flexibility index (Phi) is 4.06. The molecule has 0 unspecified atom stereocenters. The number of halogens is 1. The Morgan fingerprint density at radius 1 is 1.00 bits per heavy atom. The van der Waals surface area contributed by atoms with E-state index in [1.54, 1.807) is 44.6 Å². The van der Waals surface area contributed by atoms with Crippen LogP contribution in [0.15, 0.2) is 36.4 Å². The fourth-order valence-corrected chi connectivity index (χ4v) is 1.73. The standard InChI is InChI=1S/C15H13FN2O2/c1-19-13-5-12(6-14(8-13)20-2)18-11-4-3-10(9-17)15(16)7-11/h3-8,18H,1-2H3. The number of benzene rings is 2. The van der Waals surface area contributed by atoms with Gasteiger partial charge in [-0.3, -0.25) is 0 Å². The SMILES string of the molecule is COc1cc(Nc2ccc(C#N)c(F)c2)cc(OC)c1. The van der Waals surface area contributed by atoms with Crippen molar-refractivity contribution in [3.63, 3.8) is 0 Å². The zero-order valence-electron chi connectivity index (χ0n) is 11.1. The second kappa shape index (κ2) is 5.93. The van der Waals surface area contributed by atoms with Gasteiger partial charge in [0.15, 0.2) is 0 Å². The highest BCUT2D eigenvalue weighted by Gasteiger charge is 2.05. The first kappa shape index (κ1) is 13.7. The minimum Gasteiger partial charge on any atom is -0.497 e. The first-order valence-electron chi connectivity index (χ1n) is 5.86. The number of rotatable bonds is 4. The normalized spacial score (nSPS) is 9.70. The summed E-state index contributed by atoms with van der Waals surface area (Å²) in [6.45, 7) is 0. The van der Waals surface area contributed by atoms with E-state index in [4.69, 9.17) is 14.7 Å². The van der Waals surface area contributed by atoms with E-state index in [2.05, 4.69) is 5.32 Å². The van der Waals surface area contributed by atoms with Gasteiger partial charge in [0.2, 0.25) is 0 Å². The van der Waals surface area contributed by atoms with Crippen LogP contribution >= 0.6 is 0 Å². The largest absolute Gasteiger partial charge is 0.497 e. The first-order chi connectivity index (χ1) is 9.66. The Hall–Kier alpha value is -2.74. The van der Waals surface area contributed by atoms with Crippen LogP contribution in [0.25, 0.3) is 0 Å². The summed E-state index contributed by atoms with van der Waals surface area (Å²) in [7, 11) is 3.11. The fourth-order valence-electron chi connectivity index (χ4n) is 1.73. The predicted molar refractivity (Wildman–Crippen MR) is 73.9 cm³/mol. The van der Waals surface area contributed by atoms with Gasteiger partial charge in [-0.25, -0.2) is 4.39 Å². The molecular weight excluding hydrogens is 259 g/mol. The molecule has 0 saturated carbocycles. The number of anilines is 2. The maximum absolute atomic E-state index is 13.5. The van der Waals surface area contributed by atoms with Crippen LogP contribution in [-0.4, -0.2) is 14.2 Å². The van der Waals surface area contributed by atoms with E-state index < -0.39 is 5.82 Å². The molecule has 0 fully saturated rings. The number of ether oxygens (including phenoxy) is 2. The van der Waals surface area contributed by atoms with E-state index in [0.717, 1.165) is 0 Å². The summed E-state index contributed by atoms with van der Waals surface area (Å²) in [4.78, 5) is 0. The highest BCUT2D eigenvalue weighted by Crippen LogP contribution is 2.28. The van der Waals surface area contributed by atoms with Crippen molar-refractivity contribution < 1.29 is 13.9 Å². The van der Waals surface area contributed by atoms with Gasteiger partial charge in [0.25, 0.3) is 0 Å². The third-order valence-corrected chi connectivity index (χ3v) is 2.73. The van der Waals surface area contributed by atoms with Gasteiger partial charge in [0.1, 0.15) is 23.4 Å². The molecular formula is C15H13FN2O2. The second-order valence-electron chi connectivity index (χ2n) is 4.03. The van der Waals surface area contributed by atoms with E-state index in [1.165, 1.54) is 12.1 Å². The van der Waals surface area contributed by atoms with Crippen molar-refractivity contribution in [2.24, 2.45) is 0 Å². The zero-order chi connectivity index (χ0) is 14.5. The molecule has 0 aliphatic heterocycles. The monoisotopic (exact) mass is 272 g/mol. The highest BCUT2D eigenvalue weighted by molar-refractivity contribution is 5.64. The van der Waals surface area contributed by atoms with Gasteiger partial charge in [-0.05, 0) is 18.2 Å². The molecule has 0 atom stereocenters. The lowest BCUT2D eigenvalue weighted by Crippen LogP contribution is -1.95. The van der Waals surface area contributed by atoms with Crippen molar-refractivity contribution in [3.05, 3.63) is 47.8 Å². The third-order valence-electron chi connectivity index (χ3n) is 2.73. The summed E-state index contributed by atoms with van der Waals surface area (Å²) in [5, 5.41) is 11.7. The van der Waals surface area contributed by atoms with Crippen molar-refractivity contribution in [2.45, 2.75) is 0 Å². The molecule has 2 aromatic carbocycles. The Morgan fingerprint density at radius 2 is 1.65 bits per heavy atom. The Bertz CT molecular complexity index is 643. The quantitative estimate of drug-likeness (QED) is 0.926. The zero-order valence-corrected chi connectivity index (χ0v) is 11.1. The van der Waals surface area contributed by atoms with Gasteiger partial charge in [-0.1, -0.05) is 0 Å². The summed E-state index contributed by atoms with van der Waals surface area (Å²) in [5.74, 6) is 0.689. The molecule has 0 aliphatic carbocycles. The van der Waals surface area contributed by atoms with Gasteiger partial charge >= 0.3 is 0 Å². The van der Waals surface area contributed by atoms with E-state index in [9.17, 15) is 4.39 Å². The van der Waals surface area contributed by atoms with Crippen molar-refractivity contribution in [1.82, 2.24) is 0 Å². The van der Waals surface area contributed by atoms with Crippen LogP contribution in [0.4, 0.5) is 15.8 Å². The van der Waals surface area contributed by atoms with Gasteiger partial charge in [-0.2, -0.15) is 5.26 Å². The maximum Gasteiger partial charge on any atom is 0.143 e. The summed E-state index contributed by atoms with van der Waals surface area (Å²) in [5.41, 5.74) is 1.25. The number of hydrogen-bond donors (Lipinski definition) is 1. The minimum absolute atomic E-state index is 0.0128. The number of nitrogens with zero attached hydrogens (tertiary/aromatic N) is 1. The predicted octanol–water partition coefficient (Wildman–Crippen LogP) is 3.46. The lowest BCUT2D eigenvalue weighted by atomic mass is 10.2. The molecule has 0 aromatic heterocycles. The second-order valence-corrected chi connectivity index (χ2v) is 4.03. The van der Waals surface area contributed by atoms with Gasteiger partial charge in [0, 0.05) is 29.6 Å². The molecule has 0 amide bonds. The highest BCUT2D eigenvalue weighted by atomic mass is 19.1. The molecule has 0 radical (unpaired) electrons. The molecule has 5 heteroatoms. The molecule has 0 heterocycles. The molecule has 0 aliphatic rings. The summed E-state index contributed by atoms with van der Waals surface area (Å²) in [6, 6.07) is 11.4. The topological polar surface area (TPSA) is 54.3 Å². The molecule has 20 heavy (non-hydrogen) atoms. The average Bonchev–Trinajstić information content (AvgIpc) is 2.47. The number of hydrogen-bond acceptors (Lipinski definition) is 4. The molecule has 2 aromatic rings. The smallest absolute Gasteiger partial charge is 0.143 e. The Labute approximate surface area is 116 Å². The molecule has 0 saturated heterocycles. The summed E-state index contributed by atoms with van der Waals surface area (Å²) < 4.78 is 23.8. The van der Waals surface area contributed by atoms with Crippen molar-refractivity contribution in [2.75, 3.05) is 19.5 Å². The number of methoxy groups -OCH3 is 2. The van der Waals surface area contributed by atoms with Gasteiger partial charge in [0.05, 0.1) is 19.8 Å². The average molecular weight is 272 g/mol. The van der Waals surface area contributed by atoms with Crippen LogP contribution in [-0.2, 0) is 0 Å². The van der Waals surface area contributed by atoms with Crippen LogP contribution in [0.2, 0.25) is 0 Å². The lowest BCUT2D eigenvalue weighted by Gasteiger charge is -2.11. The van der Waals surface area contributed by atoms with E-state index in [-0.39, 0.29) is 5.56 Å².